The van der Waals surface area contributed by atoms with E-state index in [1.54, 1.807) is 0 Å². The molecule has 0 aromatic carbocycles. The summed E-state index contributed by atoms with van der Waals surface area (Å²) < 4.78 is 7.31. The normalized spacial score (nSPS) is 21.9. The first-order valence-electron chi connectivity index (χ1n) is 5.56. The molecule has 4 heteroatoms. The second-order valence-corrected chi connectivity index (χ2v) is 4.18. The number of nitrogens with zero attached hydrogens (tertiary/aromatic N) is 2. The molecule has 0 saturated carbocycles. The van der Waals surface area contributed by atoms with Crippen LogP contribution in [0.15, 0.2) is 6.20 Å². The van der Waals surface area contributed by atoms with Crippen LogP contribution in [0.4, 0.5) is 0 Å². The number of nitrogens with one attached hydrogen (secondary N) is 1. The second kappa shape index (κ2) is 4.77. The summed E-state index contributed by atoms with van der Waals surface area (Å²) in [5, 5.41) is 7.80. The highest BCUT2D eigenvalue weighted by molar-refractivity contribution is 5.15. The van der Waals surface area contributed by atoms with Gasteiger partial charge < -0.3 is 10.1 Å². The quantitative estimate of drug-likeness (QED) is 0.794. The average molecular weight is 209 g/mol. The summed E-state index contributed by atoms with van der Waals surface area (Å²) in [5.41, 5.74) is 2.50. The lowest BCUT2D eigenvalue weighted by molar-refractivity contribution is 0.0743. The fourth-order valence-corrected chi connectivity index (χ4v) is 2.03. The van der Waals surface area contributed by atoms with Gasteiger partial charge in [0.25, 0.3) is 0 Å². The Morgan fingerprint density at radius 1 is 1.67 bits per heavy atom. The molecule has 1 saturated heterocycles. The van der Waals surface area contributed by atoms with Crippen molar-refractivity contribution in [3.8, 4) is 0 Å². The molecule has 4 nitrogen and oxygen atoms in total. The zero-order valence-corrected chi connectivity index (χ0v) is 9.49. The minimum absolute atomic E-state index is 0.512. The van der Waals surface area contributed by atoms with Gasteiger partial charge in [0, 0.05) is 25.8 Å². The van der Waals surface area contributed by atoms with Gasteiger partial charge in [0.15, 0.2) is 0 Å². The van der Waals surface area contributed by atoms with Gasteiger partial charge >= 0.3 is 0 Å². The van der Waals surface area contributed by atoms with E-state index in [1.807, 2.05) is 11.7 Å². The molecule has 84 valence electrons. The first-order valence-corrected chi connectivity index (χ1v) is 5.56. The summed E-state index contributed by atoms with van der Waals surface area (Å²) in [4.78, 5) is 0. The Bertz CT molecular complexity index is 316. The van der Waals surface area contributed by atoms with Gasteiger partial charge in [0.2, 0.25) is 0 Å². The lowest BCUT2D eigenvalue weighted by Crippen LogP contribution is -2.41. The fraction of sp³-hybridized carbons (Fsp3) is 0.727. The summed E-state index contributed by atoms with van der Waals surface area (Å²) in [6.45, 7) is 4.75. The van der Waals surface area contributed by atoms with Crippen molar-refractivity contribution in [2.45, 2.75) is 25.8 Å². The SMILES string of the molecule is Cc1nn(C)cc1CCC1COCCN1. The summed E-state index contributed by atoms with van der Waals surface area (Å²) in [7, 11) is 1.97. The Labute approximate surface area is 90.6 Å². The van der Waals surface area contributed by atoms with Crippen molar-refractivity contribution in [3.05, 3.63) is 17.5 Å². The molecule has 1 atom stereocenters. The van der Waals surface area contributed by atoms with Crippen molar-refractivity contribution in [3.63, 3.8) is 0 Å². The van der Waals surface area contributed by atoms with Crippen LogP contribution in [0.5, 0.6) is 0 Å². The number of hydrogen-bond donors (Lipinski definition) is 1. The highest BCUT2D eigenvalue weighted by Gasteiger charge is 2.13. The summed E-state index contributed by atoms with van der Waals surface area (Å²) in [6.07, 6.45) is 4.33. The first kappa shape index (κ1) is 10.6. The van der Waals surface area contributed by atoms with Gasteiger partial charge in [0.05, 0.1) is 18.9 Å². The van der Waals surface area contributed by atoms with Crippen LogP contribution in [-0.2, 0) is 18.2 Å². The average Bonchev–Trinajstić information content (AvgIpc) is 2.56. The van der Waals surface area contributed by atoms with Crippen molar-refractivity contribution in [2.75, 3.05) is 19.8 Å². The largest absolute Gasteiger partial charge is 0.379 e. The lowest BCUT2D eigenvalue weighted by atomic mass is 10.1. The molecule has 1 fully saturated rings. The van der Waals surface area contributed by atoms with E-state index < -0.39 is 0 Å². The Kier molecular flexibility index (Phi) is 3.38. The van der Waals surface area contributed by atoms with Crippen LogP contribution in [0.2, 0.25) is 0 Å². The third-order valence-electron chi connectivity index (χ3n) is 2.88. The van der Waals surface area contributed by atoms with Crippen LogP contribution in [0.3, 0.4) is 0 Å². The van der Waals surface area contributed by atoms with E-state index in [1.165, 1.54) is 5.56 Å². The molecule has 0 amide bonds. The molecule has 1 aliphatic heterocycles. The van der Waals surface area contributed by atoms with Gasteiger partial charge in [-0.25, -0.2) is 0 Å². The van der Waals surface area contributed by atoms with E-state index in [9.17, 15) is 0 Å². The molecule has 0 aliphatic carbocycles. The van der Waals surface area contributed by atoms with Gasteiger partial charge in [-0.3, -0.25) is 4.68 Å². The maximum Gasteiger partial charge on any atom is 0.0625 e. The van der Waals surface area contributed by atoms with Gasteiger partial charge in [-0.1, -0.05) is 0 Å². The minimum Gasteiger partial charge on any atom is -0.379 e. The zero-order valence-electron chi connectivity index (χ0n) is 9.49. The molecule has 1 aromatic rings. The van der Waals surface area contributed by atoms with Crippen LogP contribution < -0.4 is 5.32 Å². The molecule has 1 N–H and O–H groups in total. The maximum absolute atomic E-state index is 5.42. The minimum atomic E-state index is 0.512. The Morgan fingerprint density at radius 3 is 3.13 bits per heavy atom. The molecule has 2 heterocycles. The summed E-state index contributed by atoms with van der Waals surface area (Å²) in [5.74, 6) is 0. The lowest BCUT2D eigenvalue weighted by Gasteiger charge is -2.23. The predicted octanol–water partition coefficient (Wildman–Crippen LogP) is 0.650. The van der Waals surface area contributed by atoms with Crippen LogP contribution >= 0.6 is 0 Å². The highest BCUT2D eigenvalue weighted by atomic mass is 16.5. The van der Waals surface area contributed by atoms with E-state index in [0.717, 1.165) is 38.3 Å². The molecule has 0 bridgehead atoms. The summed E-state index contributed by atoms with van der Waals surface area (Å²) in [6, 6.07) is 0.512. The standard InChI is InChI=1S/C11H19N3O/c1-9-10(7-14(2)13-9)3-4-11-8-15-6-5-12-11/h7,11-12H,3-6,8H2,1-2H3. The molecule has 2 rings (SSSR count). The third-order valence-corrected chi connectivity index (χ3v) is 2.88. The van der Waals surface area contributed by atoms with Gasteiger partial charge in [-0.15, -0.1) is 0 Å². The van der Waals surface area contributed by atoms with Gasteiger partial charge in [-0.2, -0.15) is 5.10 Å². The molecule has 1 aliphatic rings. The number of aromatic nitrogens is 2. The number of morpholine rings is 1. The molecule has 15 heavy (non-hydrogen) atoms. The molecule has 1 aromatic heterocycles. The van der Waals surface area contributed by atoms with Gasteiger partial charge in [-0.05, 0) is 25.3 Å². The van der Waals surface area contributed by atoms with E-state index in [4.69, 9.17) is 4.74 Å². The zero-order chi connectivity index (χ0) is 10.7. The van der Waals surface area contributed by atoms with E-state index in [2.05, 4.69) is 23.5 Å². The topological polar surface area (TPSA) is 39.1 Å². The van der Waals surface area contributed by atoms with Crippen molar-refractivity contribution < 1.29 is 4.74 Å². The predicted molar refractivity (Wildman–Crippen MR) is 58.9 cm³/mol. The van der Waals surface area contributed by atoms with Crippen LogP contribution in [0, 0.1) is 6.92 Å². The Hall–Kier alpha value is -0.870. The molecule has 0 spiro atoms. The van der Waals surface area contributed by atoms with Crippen molar-refractivity contribution in [1.29, 1.82) is 0 Å². The summed E-state index contributed by atoms with van der Waals surface area (Å²) >= 11 is 0. The number of rotatable bonds is 3. The maximum atomic E-state index is 5.42. The van der Waals surface area contributed by atoms with E-state index in [-0.39, 0.29) is 0 Å². The highest BCUT2D eigenvalue weighted by Crippen LogP contribution is 2.10. The van der Waals surface area contributed by atoms with Crippen LogP contribution in [-0.4, -0.2) is 35.6 Å². The number of ether oxygens (including phenoxy) is 1. The van der Waals surface area contributed by atoms with Crippen LogP contribution in [0.25, 0.3) is 0 Å². The molecular weight excluding hydrogens is 190 g/mol. The first-order chi connectivity index (χ1) is 7.25. The number of hydrogen-bond acceptors (Lipinski definition) is 3. The Morgan fingerprint density at radius 2 is 2.53 bits per heavy atom. The number of aryl methyl sites for hydroxylation is 3. The van der Waals surface area contributed by atoms with Crippen molar-refractivity contribution in [2.24, 2.45) is 7.05 Å². The van der Waals surface area contributed by atoms with Gasteiger partial charge in [0.1, 0.15) is 0 Å². The fourth-order valence-electron chi connectivity index (χ4n) is 2.03. The second-order valence-electron chi connectivity index (χ2n) is 4.18. The van der Waals surface area contributed by atoms with Crippen molar-refractivity contribution >= 4 is 0 Å². The molecule has 1 unspecified atom stereocenters. The van der Waals surface area contributed by atoms with E-state index in [0.29, 0.717) is 6.04 Å². The van der Waals surface area contributed by atoms with Crippen LogP contribution in [0.1, 0.15) is 17.7 Å². The molecular formula is C11H19N3O. The van der Waals surface area contributed by atoms with E-state index >= 15 is 0 Å². The monoisotopic (exact) mass is 209 g/mol. The smallest absolute Gasteiger partial charge is 0.0625 e. The molecule has 0 radical (unpaired) electrons. The van der Waals surface area contributed by atoms with Crippen molar-refractivity contribution in [1.82, 2.24) is 15.1 Å². The Balaban J connectivity index is 1.84. The third kappa shape index (κ3) is 2.79.